The number of ketones is 1. The fraction of sp³-hybridized carbons (Fsp3) is 0.606. The van der Waals surface area contributed by atoms with Crippen LogP contribution in [0.15, 0.2) is 40.9 Å². The standard InChI is InChI=1S/C33H45N5O7/c1-21(2)15-25(29(39)33(3)20-44-33)34-30(40)26(16-22-7-5-4-6-8-22)35-31(41)27(17-23-9-10-23)36-32(42)28-18-24(45-37-28)19-38-11-13-43-14-12-38/h4-8,18,21,23,25-27H,9-17,19-20H2,1-3H3,(H,34,40)(H,35,41)(H,36,42)/t25?,26-,27?,33+/m0/s1. The van der Waals surface area contributed by atoms with Gasteiger partial charge in [-0.05, 0) is 37.2 Å². The lowest BCUT2D eigenvalue weighted by atomic mass is 9.93. The Morgan fingerprint density at radius 2 is 1.64 bits per heavy atom. The number of carbonyl (C=O) groups is 4. The third-order valence-electron chi connectivity index (χ3n) is 8.52. The van der Waals surface area contributed by atoms with Crippen LogP contribution in [0.4, 0.5) is 0 Å². The van der Waals surface area contributed by atoms with E-state index < -0.39 is 41.4 Å². The quantitative estimate of drug-likeness (QED) is 0.238. The molecule has 5 rings (SSSR count). The van der Waals surface area contributed by atoms with Gasteiger partial charge in [-0.15, -0.1) is 0 Å². The first-order chi connectivity index (χ1) is 21.6. The van der Waals surface area contributed by atoms with Crippen molar-refractivity contribution in [1.29, 1.82) is 0 Å². The Balaban J connectivity index is 1.27. The van der Waals surface area contributed by atoms with Crippen LogP contribution in [0.5, 0.6) is 0 Å². The van der Waals surface area contributed by atoms with E-state index in [1.807, 2.05) is 44.2 Å². The normalized spacial score (nSPS) is 21.9. The molecule has 0 spiro atoms. The van der Waals surface area contributed by atoms with Gasteiger partial charge in [0.15, 0.2) is 17.2 Å². The fourth-order valence-corrected chi connectivity index (χ4v) is 5.55. The molecule has 1 saturated carbocycles. The lowest BCUT2D eigenvalue weighted by Crippen LogP contribution is -2.57. The third-order valence-corrected chi connectivity index (χ3v) is 8.52. The first-order valence-corrected chi connectivity index (χ1v) is 16.0. The predicted octanol–water partition coefficient (Wildman–Crippen LogP) is 2.02. The van der Waals surface area contributed by atoms with Crippen LogP contribution in [0, 0.1) is 11.8 Å². The molecule has 3 aliphatic rings. The Morgan fingerprint density at radius 1 is 0.978 bits per heavy atom. The van der Waals surface area contributed by atoms with Gasteiger partial charge in [-0.3, -0.25) is 24.1 Å². The summed E-state index contributed by atoms with van der Waals surface area (Å²) >= 11 is 0. The smallest absolute Gasteiger partial charge is 0.274 e. The number of hydrogen-bond acceptors (Lipinski definition) is 9. The summed E-state index contributed by atoms with van der Waals surface area (Å²) in [5, 5.41) is 12.6. The van der Waals surface area contributed by atoms with Crippen molar-refractivity contribution in [1.82, 2.24) is 26.0 Å². The van der Waals surface area contributed by atoms with Crippen LogP contribution in [0.3, 0.4) is 0 Å². The first-order valence-electron chi connectivity index (χ1n) is 16.0. The maximum Gasteiger partial charge on any atom is 0.274 e. The molecule has 45 heavy (non-hydrogen) atoms. The molecule has 12 nitrogen and oxygen atoms in total. The highest BCUT2D eigenvalue weighted by Crippen LogP contribution is 2.34. The summed E-state index contributed by atoms with van der Waals surface area (Å²) in [7, 11) is 0. The van der Waals surface area contributed by atoms with Crippen molar-refractivity contribution < 1.29 is 33.2 Å². The van der Waals surface area contributed by atoms with Gasteiger partial charge in [0.25, 0.3) is 5.91 Å². The van der Waals surface area contributed by atoms with Crippen molar-refractivity contribution in [3.05, 3.63) is 53.4 Å². The summed E-state index contributed by atoms with van der Waals surface area (Å²) in [6.07, 6.45) is 3.05. The zero-order chi connectivity index (χ0) is 32.0. The molecule has 2 aliphatic heterocycles. The number of rotatable bonds is 16. The zero-order valence-electron chi connectivity index (χ0n) is 26.4. The molecule has 2 saturated heterocycles. The van der Waals surface area contributed by atoms with Gasteiger partial charge in [0.2, 0.25) is 11.8 Å². The van der Waals surface area contributed by atoms with E-state index in [9.17, 15) is 19.2 Å². The molecule has 2 aromatic rings. The van der Waals surface area contributed by atoms with Gasteiger partial charge in [0.05, 0.1) is 32.4 Å². The molecule has 2 unspecified atom stereocenters. The van der Waals surface area contributed by atoms with Gasteiger partial charge in [-0.1, -0.05) is 62.2 Å². The van der Waals surface area contributed by atoms with Gasteiger partial charge >= 0.3 is 0 Å². The van der Waals surface area contributed by atoms with Crippen LogP contribution in [-0.4, -0.2) is 90.2 Å². The highest BCUT2D eigenvalue weighted by atomic mass is 16.6. The van der Waals surface area contributed by atoms with E-state index in [0.29, 0.717) is 50.9 Å². The minimum Gasteiger partial charge on any atom is -0.379 e. The Morgan fingerprint density at radius 3 is 2.29 bits per heavy atom. The number of nitrogens with zero attached hydrogens (tertiary/aromatic N) is 2. The summed E-state index contributed by atoms with van der Waals surface area (Å²) in [6.45, 7) is 9.35. The molecule has 3 amide bonds. The number of hydrogen-bond donors (Lipinski definition) is 3. The van der Waals surface area contributed by atoms with Crippen LogP contribution in [-0.2, 0) is 36.8 Å². The van der Waals surface area contributed by atoms with Gasteiger partial charge in [-0.2, -0.15) is 0 Å². The number of amides is 3. The number of nitrogens with one attached hydrogen (secondary N) is 3. The average molecular weight is 624 g/mol. The molecule has 4 atom stereocenters. The number of ether oxygens (including phenoxy) is 2. The van der Waals surface area contributed by atoms with Crippen LogP contribution in [0.25, 0.3) is 0 Å². The van der Waals surface area contributed by atoms with Crippen molar-refractivity contribution in [3.8, 4) is 0 Å². The second-order valence-electron chi connectivity index (χ2n) is 13.1. The Labute approximate surface area is 263 Å². The second kappa shape index (κ2) is 14.7. The SMILES string of the molecule is CC(C)CC(NC(=O)[C@H](Cc1ccccc1)NC(=O)C(CC1CC1)NC(=O)c1cc(CN2CCOCC2)on1)C(=O)[C@@]1(C)CO1. The lowest BCUT2D eigenvalue weighted by molar-refractivity contribution is -0.133. The van der Waals surface area contributed by atoms with Crippen molar-refractivity contribution in [3.63, 3.8) is 0 Å². The zero-order valence-corrected chi connectivity index (χ0v) is 26.4. The number of epoxide rings is 1. The van der Waals surface area contributed by atoms with Crippen LogP contribution in [0.2, 0.25) is 0 Å². The molecular formula is C33H45N5O7. The van der Waals surface area contributed by atoms with Gasteiger partial charge < -0.3 is 29.9 Å². The van der Waals surface area contributed by atoms with E-state index in [1.165, 1.54) is 0 Å². The molecule has 3 heterocycles. The molecule has 0 bridgehead atoms. The molecular weight excluding hydrogens is 578 g/mol. The maximum absolute atomic E-state index is 13.8. The Kier molecular flexibility index (Phi) is 10.7. The summed E-state index contributed by atoms with van der Waals surface area (Å²) in [6, 6.07) is 8.37. The van der Waals surface area contributed by atoms with Crippen molar-refractivity contribution in [2.75, 3.05) is 32.9 Å². The van der Waals surface area contributed by atoms with Crippen LogP contribution in [0.1, 0.15) is 68.3 Å². The third kappa shape index (κ3) is 9.44. The minimum absolute atomic E-state index is 0.0938. The van der Waals surface area contributed by atoms with Gasteiger partial charge in [0.1, 0.15) is 17.7 Å². The lowest BCUT2D eigenvalue weighted by Gasteiger charge is -2.26. The highest BCUT2D eigenvalue weighted by Gasteiger charge is 2.50. The molecule has 0 radical (unpaired) electrons. The van der Waals surface area contributed by atoms with E-state index in [1.54, 1.807) is 13.0 Å². The Hall–Kier alpha value is -3.61. The predicted molar refractivity (Wildman–Crippen MR) is 164 cm³/mol. The second-order valence-corrected chi connectivity index (χ2v) is 13.1. The molecule has 3 fully saturated rings. The van der Waals surface area contributed by atoms with E-state index >= 15 is 0 Å². The summed E-state index contributed by atoms with van der Waals surface area (Å²) in [5.41, 5.74) is 0.0463. The van der Waals surface area contributed by atoms with E-state index in [4.69, 9.17) is 14.0 Å². The summed E-state index contributed by atoms with van der Waals surface area (Å²) < 4.78 is 16.2. The van der Waals surface area contributed by atoms with E-state index in [-0.39, 0.29) is 23.8 Å². The van der Waals surface area contributed by atoms with Gasteiger partial charge in [0, 0.05) is 25.6 Å². The minimum atomic E-state index is -0.971. The maximum atomic E-state index is 13.8. The Bertz CT molecular complexity index is 1330. The van der Waals surface area contributed by atoms with E-state index in [2.05, 4.69) is 26.0 Å². The largest absolute Gasteiger partial charge is 0.379 e. The number of benzene rings is 1. The molecule has 3 N–H and O–H groups in total. The number of carbonyl (C=O) groups excluding carboxylic acids is 4. The van der Waals surface area contributed by atoms with Crippen LogP contribution < -0.4 is 16.0 Å². The molecule has 1 aromatic heterocycles. The summed E-state index contributed by atoms with van der Waals surface area (Å²) in [5.74, 6) is -0.604. The first kappa shape index (κ1) is 32.8. The molecule has 12 heteroatoms. The molecule has 244 valence electrons. The summed E-state index contributed by atoms with van der Waals surface area (Å²) in [4.78, 5) is 56.1. The number of aromatic nitrogens is 1. The number of Topliss-reactive ketones (excluding diaryl/α,β-unsaturated/α-hetero) is 1. The van der Waals surface area contributed by atoms with E-state index in [0.717, 1.165) is 31.5 Å². The average Bonchev–Trinajstić information content (AvgIpc) is 3.95. The highest BCUT2D eigenvalue weighted by molar-refractivity contribution is 5.99. The van der Waals surface area contributed by atoms with Gasteiger partial charge in [-0.25, -0.2) is 0 Å². The van der Waals surface area contributed by atoms with Crippen molar-refractivity contribution in [2.45, 2.75) is 83.1 Å². The number of morpholine rings is 1. The molecule has 1 aliphatic carbocycles. The topological polar surface area (TPSA) is 155 Å². The monoisotopic (exact) mass is 623 g/mol. The van der Waals surface area contributed by atoms with Crippen molar-refractivity contribution >= 4 is 23.5 Å². The molecule has 1 aromatic carbocycles. The van der Waals surface area contributed by atoms with Crippen LogP contribution >= 0.6 is 0 Å². The fourth-order valence-electron chi connectivity index (χ4n) is 5.55. The van der Waals surface area contributed by atoms with Crippen molar-refractivity contribution in [2.24, 2.45) is 11.8 Å².